The van der Waals surface area contributed by atoms with Crippen LogP contribution in [0.4, 0.5) is 0 Å². The first kappa shape index (κ1) is 14.5. The van der Waals surface area contributed by atoms with Crippen molar-refractivity contribution in [1.29, 1.82) is 0 Å². The maximum absolute atomic E-state index is 10.9. The second kappa shape index (κ2) is 4.32. The molecule has 1 saturated heterocycles. The number of aliphatic hydroxyl groups is 1. The van der Waals surface area contributed by atoms with Gasteiger partial charge in [0.1, 0.15) is 17.3 Å². The Morgan fingerprint density at radius 1 is 1.42 bits per heavy atom. The maximum atomic E-state index is 10.9. The van der Waals surface area contributed by atoms with Crippen LogP contribution in [0, 0.1) is 5.41 Å². The van der Waals surface area contributed by atoms with Gasteiger partial charge < -0.3 is 14.6 Å². The average Bonchev–Trinajstić information content (AvgIpc) is 2.80. The molecule has 0 aromatic rings. The number of carbonyl (C=O) groups excluding carboxylic acids is 1. The molecule has 1 aliphatic carbocycles. The third-order valence-corrected chi connectivity index (χ3v) is 4.46. The van der Waals surface area contributed by atoms with Crippen LogP contribution in [0.2, 0.25) is 0 Å². The van der Waals surface area contributed by atoms with Crippen molar-refractivity contribution in [2.45, 2.75) is 70.9 Å². The number of carbonyl (C=O) groups is 1. The minimum atomic E-state index is -0.354. The van der Waals surface area contributed by atoms with E-state index in [2.05, 4.69) is 13.8 Å². The van der Waals surface area contributed by atoms with Gasteiger partial charge in [0.25, 0.3) is 0 Å². The van der Waals surface area contributed by atoms with E-state index in [0.29, 0.717) is 6.42 Å². The van der Waals surface area contributed by atoms with Crippen LogP contribution in [0.1, 0.15) is 47.5 Å². The lowest BCUT2D eigenvalue weighted by Crippen LogP contribution is -2.46. The molecule has 1 N–H and O–H groups in total. The molecule has 1 saturated carbocycles. The molecular formula is C15H24O4. The fraction of sp³-hybridized carbons (Fsp3) is 0.800. The lowest BCUT2D eigenvalue weighted by molar-refractivity contribution is -0.143. The van der Waals surface area contributed by atoms with E-state index in [1.807, 2.05) is 26.0 Å². The van der Waals surface area contributed by atoms with Crippen LogP contribution in [0.3, 0.4) is 0 Å². The second-order valence-corrected chi connectivity index (χ2v) is 6.69. The summed E-state index contributed by atoms with van der Waals surface area (Å²) in [5.41, 5.74) is -0.792. The molecule has 1 heterocycles. The van der Waals surface area contributed by atoms with Gasteiger partial charge in [-0.25, -0.2) is 0 Å². The summed E-state index contributed by atoms with van der Waals surface area (Å²) in [6.45, 7) is 9.50. The lowest BCUT2D eigenvalue weighted by atomic mass is 9.63. The van der Waals surface area contributed by atoms with Gasteiger partial charge >= 0.3 is 5.97 Å². The van der Waals surface area contributed by atoms with E-state index in [-0.39, 0.29) is 34.8 Å². The van der Waals surface area contributed by atoms with Gasteiger partial charge in [-0.3, -0.25) is 4.79 Å². The van der Waals surface area contributed by atoms with E-state index < -0.39 is 0 Å². The minimum absolute atomic E-state index is 0.133. The summed E-state index contributed by atoms with van der Waals surface area (Å²) in [6.07, 6.45) is 4.70. The van der Waals surface area contributed by atoms with Crippen LogP contribution in [0.25, 0.3) is 0 Å². The van der Waals surface area contributed by atoms with Gasteiger partial charge in [-0.05, 0) is 32.4 Å². The highest BCUT2D eigenvalue weighted by atomic mass is 16.6. The third kappa shape index (κ3) is 2.32. The van der Waals surface area contributed by atoms with E-state index in [1.54, 1.807) is 0 Å². The fourth-order valence-corrected chi connectivity index (χ4v) is 3.65. The summed E-state index contributed by atoms with van der Waals surface area (Å²) in [7, 11) is 0. The first-order chi connectivity index (χ1) is 8.62. The number of aliphatic hydroxyl groups excluding tert-OH is 1. The van der Waals surface area contributed by atoms with Crippen molar-refractivity contribution >= 4 is 5.97 Å². The summed E-state index contributed by atoms with van der Waals surface area (Å²) in [5, 5.41) is 9.94. The highest BCUT2D eigenvalue weighted by Crippen LogP contribution is 2.65. The van der Waals surface area contributed by atoms with Gasteiger partial charge in [-0.2, -0.15) is 0 Å². The Kier molecular flexibility index (Phi) is 3.30. The topological polar surface area (TPSA) is 59.1 Å². The van der Waals surface area contributed by atoms with Gasteiger partial charge in [0.15, 0.2) is 0 Å². The van der Waals surface area contributed by atoms with E-state index >= 15 is 0 Å². The molecule has 4 atom stereocenters. The molecule has 108 valence electrons. The molecule has 2 fully saturated rings. The summed E-state index contributed by atoms with van der Waals surface area (Å²) in [4.78, 5) is 10.9. The molecule has 0 bridgehead atoms. The standard InChI is InChI=1S/C15H24O4/c1-10(18-11(2)16)6-7-15-13(3,4)8-12(17)9-14(15,5)19-15/h6-7,10,12,17H,8-9H2,1-5H3/b7-6+/t10?,12-,14+,15-/m0/s1. The summed E-state index contributed by atoms with van der Waals surface area (Å²) in [6, 6.07) is 0. The molecule has 4 nitrogen and oxygen atoms in total. The van der Waals surface area contributed by atoms with E-state index in [9.17, 15) is 9.90 Å². The van der Waals surface area contributed by atoms with Crippen molar-refractivity contribution in [3.8, 4) is 0 Å². The molecule has 2 aliphatic rings. The molecule has 0 spiro atoms. The van der Waals surface area contributed by atoms with Crippen LogP contribution in [-0.4, -0.2) is 34.5 Å². The summed E-state index contributed by atoms with van der Waals surface area (Å²) < 4.78 is 11.1. The molecule has 0 amide bonds. The molecule has 4 heteroatoms. The van der Waals surface area contributed by atoms with Crippen LogP contribution < -0.4 is 0 Å². The van der Waals surface area contributed by atoms with Crippen molar-refractivity contribution in [3.63, 3.8) is 0 Å². The van der Waals surface area contributed by atoms with Crippen molar-refractivity contribution in [3.05, 3.63) is 12.2 Å². The number of ether oxygens (including phenoxy) is 2. The van der Waals surface area contributed by atoms with Crippen molar-refractivity contribution in [2.24, 2.45) is 5.41 Å². The Morgan fingerprint density at radius 3 is 2.58 bits per heavy atom. The zero-order chi connectivity index (χ0) is 14.5. The molecule has 0 aromatic heterocycles. The number of rotatable bonds is 3. The Hall–Kier alpha value is -0.870. The Labute approximate surface area is 114 Å². The van der Waals surface area contributed by atoms with Crippen LogP contribution in [0.15, 0.2) is 12.2 Å². The summed E-state index contributed by atoms with van der Waals surface area (Å²) in [5.74, 6) is -0.285. The number of fused-ring (bicyclic) bond motifs is 1. The summed E-state index contributed by atoms with van der Waals surface area (Å²) >= 11 is 0. The third-order valence-electron chi connectivity index (χ3n) is 4.46. The van der Waals surface area contributed by atoms with Gasteiger partial charge in [0.05, 0.1) is 6.10 Å². The van der Waals surface area contributed by atoms with Crippen LogP contribution >= 0.6 is 0 Å². The monoisotopic (exact) mass is 268 g/mol. The smallest absolute Gasteiger partial charge is 0.303 e. The Balaban J connectivity index is 2.15. The Morgan fingerprint density at radius 2 is 2.05 bits per heavy atom. The molecule has 2 rings (SSSR count). The first-order valence-electron chi connectivity index (χ1n) is 6.87. The lowest BCUT2D eigenvalue weighted by Gasteiger charge is -2.39. The molecule has 0 aromatic carbocycles. The van der Waals surface area contributed by atoms with Gasteiger partial charge in [0, 0.05) is 18.8 Å². The van der Waals surface area contributed by atoms with E-state index in [4.69, 9.17) is 9.47 Å². The normalized spacial score (nSPS) is 41.7. The maximum Gasteiger partial charge on any atom is 0.303 e. The highest BCUT2D eigenvalue weighted by Gasteiger charge is 2.74. The molecular weight excluding hydrogens is 244 g/mol. The Bertz CT molecular complexity index is 414. The van der Waals surface area contributed by atoms with Crippen molar-refractivity contribution in [1.82, 2.24) is 0 Å². The number of hydrogen-bond donors (Lipinski definition) is 1. The predicted molar refractivity (Wildman–Crippen MR) is 71.6 cm³/mol. The van der Waals surface area contributed by atoms with Crippen LogP contribution in [0.5, 0.6) is 0 Å². The fourth-order valence-electron chi connectivity index (χ4n) is 3.65. The van der Waals surface area contributed by atoms with Crippen molar-refractivity contribution in [2.75, 3.05) is 0 Å². The molecule has 1 unspecified atom stereocenters. The SMILES string of the molecule is CC(=O)OC(C)/C=C/[C@@]12O[C@]1(C)C[C@@H](O)CC2(C)C. The number of esters is 1. The average molecular weight is 268 g/mol. The molecule has 19 heavy (non-hydrogen) atoms. The quantitative estimate of drug-likeness (QED) is 0.484. The number of epoxide rings is 1. The molecule has 0 radical (unpaired) electrons. The van der Waals surface area contributed by atoms with Crippen molar-refractivity contribution < 1.29 is 19.4 Å². The van der Waals surface area contributed by atoms with E-state index in [1.165, 1.54) is 6.92 Å². The zero-order valence-corrected chi connectivity index (χ0v) is 12.4. The largest absolute Gasteiger partial charge is 0.459 e. The van der Waals surface area contributed by atoms with Gasteiger partial charge in [-0.1, -0.05) is 13.8 Å². The van der Waals surface area contributed by atoms with Gasteiger partial charge in [-0.15, -0.1) is 0 Å². The van der Waals surface area contributed by atoms with Crippen LogP contribution in [-0.2, 0) is 14.3 Å². The first-order valence-corrected chi connectivity index (χ1v) is 6.87. The number of hydrogen-bond acceptors (Lipinski definition) is 4. The minimum Gasteiger partial charge on any atom is -0.459 e. The van der Waals surface area contributed by atoms with E-state index in [0.717, 1.165) is 6.42 Å². The molecule has 1 aliphatic heterocycles. The highest BCUT2D eigenvalue weighted by molar-refractivity contribution is 5.66. The second-order valence-electron chi connectivity index (χ2n) is 6.69. The zero-order valence-electron chi connectivity index (χ0n) is 12.4. The van der Waals surface area contributed by atoms with Gasteiger partial charge in [0.2, 0.25) is 0 Å². The predicted octanol–water partition coefficient (Wildman–Crippen LogP) is 2.20.